The van der Waals surface area contributed by atoms with Gasteiger partial charge in [0.2, 0.25) is 5.91 Å². The molecule has 1 aliphatic rings. The summed E-state index contributed by atoms with van der Waals surface area (Å²) in [5.74, 6) is -2.00. The van der Waals surface area contributed by atoms with Crippen LogP contribution in [-0.4, -0.2) is 40.9 Å². The molecule has 0 aliphatic carbocycles. The lowest BCUT2D eigenvalue weighted by Gasteiger charge is -2.32. The molecule has 0 bridgehead atoms. The van der Waals surface area contributed by atoms with Gasteiger partial charge in [-0.2, -0.15) is 0 Å². The van der Waals surface area contributed by atoms with Crippen LogP contribution >= 0.6 is 0 Å². The van der Waals surface area contributed by atoms with Gasteiger partial charge in [-0.05, 0) is 43.4 Å². The minimum atomic E-state index is -0.839. The number of piperidine rings is 1. The van der Waals surface area contributed by atoms with Crippen molar-refractivity contribution in [2.24, 2.45) is 5.92 Å². The number of amides is 2. The second-order valence-corrected chi connectivity index (χ2v) is 6.07. The number of hydrogen-bond donors (Lipinski definition) is 2. The summed E-state index contributed by atoms with van der Waals surface area (Å²) in [7, 11) is 0. The Labute approximate surface area is 139 Å². The van der Waals surface area contributed by atoms with Gasteiger partial charge in [0.15, 0.2) is 0 Å². The number of carbonyl (C=O) groups excluding carboxylic acids is 2. The maximum Gasteiger partial charge on any atom is 0.303 e. The summed E-state index contributed by atoms with van der Waals surface area (Å²) in [6.07, 6.45) is 2.33. The minimum absolute atomic E-state index is 0.0389. The normalized spacial score (nSPS) is 17.4. The van der Waals surface area contributed by atoms with E-state index in [1.54, 1.807) is 4.90 Å². The Morgan fingerprint density at radius 1 is 1.38 bits per heavy atom. The minimum Gasteiger partial charge on any atom is -0.481 e. The Balaban J connectivity index is 2.03. The summed E-state index contributed by atoms with van der Waals surface area (Å²) < 4.78 is 14.0. The van der Waals surface area contributed by atoms with E-state index >= 15 is 0 Å². The van der Waals surface area contributed by atoms with Crippen LogP contribution < -0.4 is 5.32 Å². The molecule has 2 amide bonds. The number of anilines is 1. The second kappa shape index (κ2) is 7.90. The number of aliphatic carboxylic acids is 1. The predicted octanol–water partition coefficient (Wildman–Crippen LogP) is 2.50. The van der Waals surface area contributed by atoms with Gasteiger partial charge < -0.3 is 15.3 Å². The van der Waals surface area contributed by atoms with E-state index in [4.69, 9.17) is 5.11 Å². The van der Waals surface area contributed by atoms with E-state index in [-0.39, 0.29) is 35.4 Å². The lowest BCUT2D eigenvalue weighted by Crippen LogP contribution is -2.40. The smallest absolute Gasteiger partial charge is 0.303 e. The van der Waals surface area contributed by atoms with Gasteiger partial charge in [0, 0.05) is 32.0 Å². The van der Waals surface area contributed by atoms with Gasteiger partial charge in [0.05, 0.1) is 5.69 Å². The van der Waals surface area contributed by atoms with E-state index in [0.717, 1.165) is 18.9 Å². The summed E-state index contributed by atoms with van der Waals surface area (Å²) in [6, 6.07) is 3.97. The van der Waals surface area contributed by atoms with Gasteiger partial charge in [0.1, 0.15) is 5.82 Å². The van der Waals surface area contributed by atoms with Gasteiger partial charge in [0.25, 0.3) is 5.91 Å². The van der Waals surface area contributed by atoms with Gasteiger partial charge in [-0.3, -0.25) is 14.4 Å². The summed E-state index contributed by atoms with van der Waals surface area (Å²) in [5.41, 5.74) is 0.262. The van der Waals surface area contributed by atoms with Crippen LogP contribution in [0, 0.1) is 11.7 Å². The molecule has 2 rings (SSSR count). The van der Waals surface area contributed by atoms with Crippen molar-refractivity contribution in [1.82, 2.24) is 4.90 Å². The average molecular weight is 336 g/mol. The highest BCUT2D eigenvalue weighted by Gasteiger charge is 2.25. The number of likely N-dealkylation sites (tertiary alicyclic amines) is 1. The first-order valence-corrected chi connectivity index (χ1v) is 7.95. The molecule has 130 valence electrons. The summed E-state index contributed by atoms with van der Waals surface area (Å²) in [6.45, 7) is 2.35. The van der Waals surface area contributed by atoms with E-state index in [0.29, 0.717) is 19.5 Å². The van der Waals surface area contributed by atoms with E-state index in [1.807, 2.05) is 0 Å². The maximum atomic E-state index is 14.0. The summed E-state index contributed by atoms with van der Waals surface area (Å²) >= 11 is 0. The molecule has 1 aliphatic heterocycles. The van der Waals surface area contributed by atoms with Crippen molar-refractivity contribution in [2.45, 2.75) is 32.6 Å². The maximum absolute atomic E-state index is 14.0. The first-order valence-electron chi connectivity index (χ1n) is 7.95. The quantitative estimate of drug-likeness (QED) is 0.865. The topological polar surface area (TPSA) is 86.7 Å². The average Bonchev–Trinajstić information content (AvgIpc) is 2.54. The Morgan fingerprint density at radius 3 is 2.75 bits per heavy atom. The predicted molar refractivity (Wildman–Crippen MR) is 86.2 cm³/mol. The SMILES string of the molecule is CC(=O)Nc1ccc(C(=O)N2CCCC(CCC(=O)O)C2)cc1F. The fraction of sp³-hybridized carbons (Fsp3) is 0.471. The van der Waals surface area contributed by atoms with E-state index in [9.17, 15) is 18.8 Å². The van der Waals surface area contributed by atoms with Crippen molar-refractivity contribution < 1.29 is 23.9 Å². The molecule has 7 heteroatoms. The molecule has 1 fully saturated rings. The number of carbonyl (C=O) groups is 3. The highest BCUT2D eigenvalue weighted by atomic mass is 19.1. The molecule has 1 aromatic carbocycles. The number of carboxylic acid groups (broad SMARTS) is 1. The highest BCUT2D eigenvalue weighted by Crippen LogP contribution is 2.23. The Kier molecular flexibility index (Phi) is 5.89. The van der Waals surface area contributed by atoms with Crippen LogP contribution in [-0.2, 0) is 9.59 Å². The number of carboxylic acids is 1. The third kappa shape index (κ3) is 4.78. The summed E-state index contributed by atoms with van der Waals surface area (Å²) in [5, 5.41) is 11.1. The van der Waals surface area contributed by atoms with E-state index in [2.05, 4.69) is 5.32 Å². The van der Waals surface area contributed by atoms with Gasteiger partial charge >= 0.3 is 5.97 Å². The van der Waals surface area contributed by atoms with E-state index < -0.39 is 11.8 Å². The Bertz CT molecular complexity index is 647. The van der Waals surface area contributed by atoms with Crippen molar-refractivity contribution in [3.63, 3.8) is 0 Å². The highest BCUT2D eigenvalue weighted by molar-refractivity contribution is 5.95. The number of halogens is 1. The van der Waals surface area contributed by atoms with E-state index in [1.165, 1.54) is 19.1 Å². The van der Waals surface area contributed by atoms with Crippen LogP contribution in [0.15, 0.2) is 18.2 Å². The molecule has 0 aromatic heterocycles. The zero-order chi connectivity index (χ0) is 17.7. The first kappa shape index (κ1) is 17.9. The molecule has 1 saturated heterocycles. The third-order valence-corrected chi connectivity index (χ3v) is 4.10. The van der Waals surface area contributed by atoms with Crippen LogP contribution in [0.3, 0.4) is 0 Å². The summed E-state index contributed by atoms with van der Waals surface area (Å²) in [4.78, 5) is 35.8. The largest absolute Gasteiger partial charge is 0.481 e. The zero-order valence-corrected chi connectivity index (χ0v) is 13.5. The lowest BCUT2D eigenvalue weighted by atomic mass is 9.93. The van der Waals surface area contributed by atoms with Crippen molar-refractivity contribution in [3.05, 3.63) is 29.6 Å². The first-order chi connectivity index (χ1) is 11.4. The molecule has 1 aromatic rings. The molecule has 0 radical (unpaired) electrons. The molecule has 1 unspecified atom stereocenters. The molecule has 24 heavy (non-hydrogen) atoms. The molecular weight excluding hydrogens is 315 g/mol. The number of hydrogen-bond acceptors (Lipinski definition) is 3. The molecule has 0 spiro atoms. The Morgan fingerprint density at radius 2 is 2.12 bits per heavy atom. The van der Waals surface area contributed by atoms with Crippen LogP contribution in [0.4, 0.5) is 10.1 Å². The molecular formula is C17H21FN2O4. The van der Waals surface area contributed by atoms with Crippen molar-refractivity contribution in [3.8, 4) is 0 Å². The molecule has 1 atom stereocenters. The van der Waals surface area contributed by atoms with Crippen LogP contribution in [0.25, 0.3) is 0 Å². The number of nitrogens with zero attached hydrogens (tertiary/aromatic N) is 1. The molecule has 0 saturated carbocycles. The van der Waals surface area contributed by atoms with Gasteiger partial charge in [-0.1, -0.05) is 0 Å². The second-order valence-electron chi connectivity index (χ2n) is 6.07. The third-order valence-electron chi connectivity index (χ3n) is 4.10. The number of benzene rings is 1. The van der Waals surface area contributed by atoms with Crippen molar-refractivity contribution in [1.29, 1.82) is 0 Å². The zero-order valence-electron chi connectivity index (χ0n) is 13.5. The molecule has 6 nitrogen and oxygen atoms in total. The standard InChI is InChI=1S/C17H21FN2O4/c1-11(21)19-15-6-5-13(9-14(15)18)17(24)20-8-2-3-12(10-20)4-7-16(22)23/h5-6,9,12H,2-4,7-8,10H2,1H3,(H,19,21)(H,22,23). The van der Waals surface area contributed by atoms with Crippen LogP contribution in [0.5, 0.6) is 0 Å². The molecule has 2 N–H and O–H groups in total. The number of nitrogens with one attached hydrogen (secondary N) is 1. The van der Waals surface area contributed by atoms with Crippen molar-refractivity contribution in [2.75, 3.05) is 18.4 Å². The van der Waals surface area contributed by atoms with Gasteiger partial charge in [-0.25, -0.2) is 4.39 Å². The Hall–Kier alpha value is -2.44. The fourth-order valence-electron chi connectivity index (χ4n) is 2.93. The fourth-order valence-corrected chi connectivity index (χ4v) is 2.93. The number of rotatable bonds is 5. The van der Waals surface area contributed by atoms with Crippen LogP contribution in [0.1, 0.15) is 43.0 Å². The van der Waals surface area contributed by atoms with Gasteiger partial charge in [-0.15, -0.1) is 0 Å². The molecule has 1 heterocycles. The lowest BCUT2D eigenvalue weighted by molar-refractivity contribution is -0.137. The van der Waals surface area contributed by atoms with Crippen molar-refractivity contribution >= 4 is 23.5 Å². The van der Waals surface area contributed by atoms with Crippen LogP contribution in [0.2, 0.25) is 0 Å². The monoisotopic (exact) mass is 336 g/mol.